The first-order valence-corrected chi connectivity index (χ1v) is 5.20. The van der Waals surface area contributed by atoms with Crippen LogP contribution in [0.15, 0.2) is 68.4 Å². The van der Waals surface area contributed by atoms with Gasteiger partial charge in [-0.3, -0.25) is 9.97 Å². The van der Waals surface area contributed by atoms with Gasteiger partial charge in [-0.05, 0) is 18.6 Å². The summed E-state index contributed by atoms with van der Waals surface area (Å²) in [4.78, 5) is 18.1. The summed E-state index contributed by atoms with van der Waals surface area (Å²) in [6.45, 7) is 0. The van der Waals surface area contributed by atoms with Gasteiger partial charge in [0, 0.05) is 24.8 Å². The van der Waals surface area contributed by atoms with Gasteiger partial charge in [-0.2, -0.15) is 0 Å². The molecule has 3 rings (SSSR count). The lowest BCUT2D eigenvalue weighted by Gasteiger charge is -1.91. The van der Waals surface area contributed by atoms with E-state index in [1.807, 2.05) is 12.2 Å². The monoisotopic (exact) mass is 243 g/mol. The van der Waals surface area contributed by atoms with E-state index in [0.717, 1.165) is 6.42 Å². The molecule has 3 heterocycles. The number of rotatable bonds is 0. The smallest absolute Gasteiger partial charge is 0.119 e. The Morgan fingerprint density at radius 1 is 0.611 bits per heavy atom. The standard InChI is InChI=1S/C5H6O.C4H4N2.C3H3N3/c1-2-4-6-5-3-1;1-2-6-4-3-5-1;1-4-2-6-3-5-1/h2-5H,1H2;1-4H;1-3H. The minimum Gasteiger partial charge on any atom is -0.473 e. The summed E-state index contributed by atoms with van der Waals surface area (Å²) in [5.41, 5.74) is 0. The predicted octanol–water partition coefficient (Wildman–Crippen LogP) is 1.78. The fourth-order valence-electron chi connectivity index (χ4n) is 0.804. The van der Waals surface area contributed by atoms with E-state index >= 15 is 0 Å². The summed E-state index contributed by atoms with van der Waals surface area (Å²) >= 11 is 0. The first-order valence-electron chi connectivity index (χ1n) is 5.20. The van der Waals surface area contributed by atoms with Crippen molar-refractivity contribution >= 4 is 0 Å². The maximum atomic E-state index is 4.71. The van der Waals surface area contributed by atoms with Crippen molar-refractivity contribution in [3.05, 3.63) is 68.4 Å². The summed E-state index contributed by atoms with van der Waals surface area (Å²) in [6.07, 6.45) is 19.2. The van der Waals surface area contributed by atoms with Crippen LogP contribution in [0.2, 0.25) is 0 Å². The van der Waals surface area contributed by atoms with E-state index in [2.05, 4.69) is 24.9 Å². The van der Waals surface area contributed by atoms with Gasteiger partial charge in [0.05, 0.1) is 12.5 Å². The molecule has 0 aliphatic carbocycles. The molecule has 1 aliphatic rings. The first kappa shape index (κ1) is 13.4. The van der Waals surface area contributed by atoms with Crippen molar-refractivity contribution in [2.45, 2.75) is 6.42 Å². The van der Waals surface area contributed by atoms with Crippen LogP contribution in [0.5, 0.6) is 0 Å². The molecule has 0 spiro atoms. The molecule has 0 fully saturated rings. The van der Waals surface area contributed by atoms with E-state index in [1.54, 1.807) is 37.3 Å². The zero-order valence-electron chi connectivity index (χ0n) is 9.70. The second-order valence-corrected chi connectivity index (χ2v) is 2.80. The Morgan fingerprint density at radius 3 is 1.22 bits per heavy atom. The van der Waals surface area contributed by atoms with Crippen molar-refractivity contribution in [1.29, 1.82) is 0 Å². The largest absolute Gasteiger partial charge is 0.473 e. The van der Waals surface area contributed by atoms with Crippen molar-refractivity contribution in [3.8, 4) is 0 Å². The molecular formula is C12H13N5O. The summed E-state index contributed by atoms with van der Waals surface area (Å²) in [6, 6.07) is 0. The molecule has 0 aromatic carbocycles. The highest BCUT2D eigenvalue weighted by Gasteiger charge is 1.75. The van der Waals surface area contributed by atoms with Crippen LogP contribution in [0, 0.1) is 0 Å². The summed E-state index contributed by atoms with van der Waals surface area (Å²) in [5.74, 6) is 0. The van der Waals surface area contributed by atoms with Gasteiger partial charge < -0.3 is 4.74 Å². The highest BCUT2D eigenvalue weighted by molar-refractivity contribution is 4.92. The number of aromatic nitrogens is 5. The number of nitrogens with zero attached hydrogens (tertiary/aromatic N) is 5. The van der Waals surface area contributed by atoms with Gasteiger partial charge in [0.15, 0.2) is 0 Å². The van der Waals surface area contributed by atoms with Crippen molar-refractivity contribution in [2.75, 3.05) is 0 Å². The zero-order valence-corrected chi connectivity index (χ0v) is 9.70. The van der Waals surface area contributed by atoms with Crippen molar-refractivity contribution in [3.63, 3.8) is 0 Å². The van der Waals surface area contributed by atoms with Gasteiger partial charge in [-0.1, -0.05) is 0 Å². The molecule has 18 heavy (non-hydrogen) atoms. The average molecular weight is 243 g/mol. The lowest BCUT2D eigenvalue weighted by Crippen LogP contribution is -1.73. The summed E-state index contributed by atoms with van der Waals surface area (Å²) < 4.78 is 4.71. The van der Waals surface area contributed by atoms with E-state index in [0.29, 0.717) is 0 Å². The van der Waals surface area contributed by atoms with Crippen LogP contribution in [-0.2, 0) is 4.74 Å². The second kappa shape index (κ2) is 10.9. The lowest BCUT2D eigenvalue weighted by atomic mass is 10.4. The number of hydrogen-bond acceptors (Lipinski definition) is 6. The Balaban J connectivity index is 0.000000135. The number of hydrogen-bond donors (Lipinski definition) is 0. The van der Waals surface area contributed by atoms with Gasteiger partial charge in [0.2, 0.25) is 0 Å². The van der Waals surface area contributed by atoms with Crippen LogP contribution in [0.4, 0.5) is 0 Å². The van der Waals surface area contributed by atoms with E-state index in [1.165, 1.54) is 19.0 Å². The molecule has 0 N–H and O–H groups in total. The van der Waals surface area contributed by atoms with E-state index in [9.17, 15) is 0 Å². The Morgan fingerprint density at radius 2 is 1.06 bits per heavy atom. The molecule has 0 saturated heterocycles. The predicted molar refractivity (Wildman–Crippen MR) is 65.8 cm³/mol. The van der Waals surface area contributed by atoms with Gasteiger partial charge in [0.1, 0.15) is 19.0 Å². The fraction of sp³-hybridized carbons (Fsp3) is 0.0833. The maximum absolute atomic E-state index is 4.71. The molecule has 2 aromatic rings. The zero-order chi connectivity index (χ0) is 12.7. The average Bonchev–Trinajstić information content (AvgIpc) is 2.54. The second-order valence-electron chi connectivity index (χ2n) is 2.80. The summed E-state index contributed by atoms with van der Waals surface area (Å²) in [7, 11) is 0. The van der Waals surface area contributed by atoms with Crippen LogP contribution in [0.25, 0.3) is 0 Å². The highest BCUT2D eigenvalue weighted by Crippen LogP contribution is 1.93. The Kier molecular flexibility index (Phi) is 8.12. The molecule has 6 heteroatoms. The molecule has 0 atom stereocenters. The normalized spacial score (nSPS) is 11.1. The molecule has 0 bridgehead atoms. The van der Waals surface area contributed by atoms with E-state index < -0.39 is 0 Å². The molecule has 2 aromatic heterocycles. The topological polar surface area (TPSA) is 73.7 Å². The minimum absolute atomic E-state index is 1.01. The maximum Gasteiger partial charge on any atom is 0.119 e. The molecule has 0 radical (unpaired) electrons. The Hall–Kier alpha value is -2.63. The summed E-state index contributed by atoms with van der Waals surface area (Å²) in [5, 5.41) is 0. The molecule has 92 valence electrons. The van der Waals surface area contributed by atoms with Gasteiger partial charge in [0.25, 0.3) is 0 Å². The first-order chi connectivity index (χ1) is 9.00. The van der Waals surface area contributed by atoms with Crippen LogP contribution in [0.1, 0.15) is 6.42 Å². The van der Waals surface area contributed by atoms with Crippen LogP contribution >= 0.6 is 0 Å². The van der Waals surface area contributed by atoms with Gasteiger partial charge in [-0.25, -0.2) is 15.0 Å². The SMILES string of the molecule is C1=COC=CC1.c1cnccn1.c1ncncn1. The molecule has 0 unspecified atom stereocenters. The molecular weight excluding hydrogens is 230 g/mol. The van der Waals surface area contributed by atoms with Crippen LogP contribution in [-0.4, -0.2) is 24.9 Å². The van der Waals surface area contributed by atoms with Gasteiger partial charge in [-0.15, -0.1) is 0 Å². The quantitative estimate of drug-likeness (QED) is 0.702. The minimum atomic E-state index is 1.01. The van der Waals surface area contributed by atoms with E-state index in [4.69, 9.17) is 4.74 Å². The third-order valence-corrected chi connectivity index (χ3v) is 1.50. The number of allylic oxidation sites excluding steroid dienone is 2. The molecule has 0 saturated carbocycles. The number of ether oxygens (including phenoxy) is 1. The molecule has 6 nitrogen and oxygen atoms in total. The molecule has 0 amide bonds. The Bertz CT molecular complexity index is 328. The van der Waals surface area contributed by atoms with Crippen LogP contribution < -0.4 is 0 Å². The lowest BCUT2D eigenvalue weighted by molar-refractivity contribution is 0.393. The van der Waals surface area contributed by atoms with Crippen LogP contribution in [0.3, 0.4) is 0 Å². The van der Waals surface area contributed by atoms with Crippen molar-refractivity contribution in [1.82, 2.24) is 24.9 Å². The highest BCUT2D eigenvalue weighted by atomic mass is 16.5. The fourth-order valence-corrected chi connectivity index (χ4v) is 0.804. The Labute approximate surface area is 105 Å². The van der Waals surface area contributed by atoms with Gasteiger partial charge >= 0.3 is 0 Å². The molecule has 1 aliphatic heterocycles. The third kappa shape index (κ3) is 8.66. The van der Waals surface area contributed by atoms with Crippen molar-refractivity contribution < 1.29 is 4.74 Å². The van der Waals surface area contributed by atoms with E-state index in [-0.39, 0.29) is 0 Å². The third-order valence-electron chi connectivity index (χ3n) is 1.50. The van der Waals surface area contributed by atoms with Crippen molar-refractivity contribution in [2.24, 2.45) is 0 Å².